The van der Waals surface area contributed by atoms with Gasteiger partial charge in [0.2, 0.25) is 0 Å². The fraction of sp³-hybridized carbons (Fsp3) is 0.611. The van der Waals surface area contributed by atoms with E-state index in [0.717, 1.165) is 71.3 Å². The van der Waals surface area contributed by atoms with Crippen LogP contribution in [0.15, 0.2) is 0 Å². The first-order valence-electron chi connectivity index (χ1n) is 8.97. The number of aryl methyl sites for hydroxylation is 2. The lowest BCUT2D eigenvalue weighted by Gasteiger charge is -2.28. The molecule has 0 aromatic carbocycles. The van der Waals surface area contributed by atoms with Gasteiger partial charge in [0.05, 0.1) is 10.3 Å². The van der Waals surface area contributed by atoms with Gasteiger partial charge >= 0.3 is 0 Å². The summed E-state index contributed by atoms with van der Waals surface area (Å²) < 4.78 is 0. The van der Waals surface area contributed by atoms with Crippen molar-refractivity contribution < 1.29 is 4.79 Å². The molecule has 0 spiro atoms. The summed E-state index contributed by atoms with van der Waals surface area (Å²) in [5.41, 5.74) is 1.06. The molecule has 2 fully saturated rings. The molecule has 0 saturated carbocycles. The van der Waals surface area contributed by atoms with Crippen LogP contribution in [0.1, 0.15) is 53.2 Å². The van der Waals surface area contributed by atoms with Crippen molar-refractivity contribution in [1.82, 2.24) is 14.9 Å². The number of hydrogen-bond acceptors (Lipinski definition) is 5. The largest absolute Gasteiger partial charge is 0.356 e. The Balaban J connectivity index is 1.80. The molecular formula is C18H24N4OS. The second-order valence-electron chi connectivity index (χ2n) is 6.88. The van der Waals surface area contributed by atoms with Gasteiger partial charge in [0, 0.05) is 26.2 Å². The Kier molecular flexibility index (Phi) is 4.16. The van der Waals surface area contributed by atoms with E-state index in [-0.39, 0.29) is 5.91 Å². The third-order valence-electron chi connectivity index (χ3n) is 5.13. The summed E-state index contributed by atoms with van der Waals surface area (Å²) in [6.45, 7) is 7.89. The van der Waals surface area contributed by atoms with Crippen molar-refractivity contribution in [1.29, 1.82) is 0 Å². The highest BCUT2D eigenvalue weighted by Gasteiger charge is 2.27. The number of nitrogens with zero attached hydrogens (tertiary/aromatic N) is 4. The van der Waals surface area contributed by atoms with Crippen LogP contribution in [0.2, 0.25) is 0 Å². The molecule has 2 aromatic rings. The molecule has 0 bridgehead atoms. The van der Waals surface area contributed by atoms with E-state index < -0.39 is 0 Å². The van der Waals surface area contributed by atoms with Crippen molar-refractivity contribution in [3.05, 3.63) is 16.3 Å². The molecule has 128 valence electrons. The maximum Gasteiger partial charge on any atom is 0.264 e. The van der Waals surface area contributed by atoms with E-state index in [9.17, 15) is 4.79 Å². The lowest BCUT2D eigenvalue weighted by atomic mass is 10.1. The SMILES string of the molecule is Cc1nc(N2CCCCC2)c2c(C)c(C(=O)N3CCCC3)sc2n1. The van der Waals surface area contributed by atoms with Gasteiger partial charge in [-0.05, 0) is 51.5 Å². The van der Waals surface area contributed by atoms with Gasteiger partial charge in [-0.1, -0.05) is 0 Å². The van der Waals surface area contributed by atoms with Gasteiger partial charge < -0.3 is 9.80 Å². The van der Waals surface area contributed by atoms with Crippen LogP contribution in [0, 0.1) is 13.8 Å². The lowest BCUT2D eigenvalue weighted by molar-refractivity contribution is 0.0797. The van der Waals surface area contributed by atoms with Crippen LogP contribution in [0.25, 0.3) is 10.2 Å². The molecule has 2 aromatic heterocycles. The predicted octanol–water partition coefficient (Wildman–Crippen LogP) is 3.53. The highest BCUT2D eigenvalue weighted by molar-refractivity contribution is 7.20. The maximum absolute atomic E-state index is 12.9. The Morgan fingerprint density at radius 2 is 1.62 bits per heavy atom. The van der Waals surface area contributed by atoms with E-state index in [1.54, 1.807) is 11.3 Å². The normalized spacial score (nSPS) is 18.6. The number of aromatic nitrogens is 2. The number of thiophene rings is 1. The summed E-state index contributed by atoms with van der Waals surface area (Å²) in [5, 5.41) is 1.09. The van der Waals surface area contributed by atoms with Gasteiger partial charge in [-0.15, -0.1) is 11.3 Å². The molecule has 0 N–H and O–H groups in total. The second-order valence-corrected chi connectivity index (χ2v) is 7.88. The Bertz CT molecular complexity index is 773. The number of amides is 1. The molecule has 0 radical (unpaired) electrons. The summed E-state index contributed by atoms with van der Waals surface area (Å²) in [7, 11) is 0. The van der Waals surface area contributed by atoms with E-state index in [0.29, 0.717) is 0 Å². The molecule has 2 saturated heterocycles. The lowest BCUT2D eigenvalue weighted by Crippen LogP contribution is -2.30. The molecule has 6 heteroatoms. The third kappa shape index (κ3) is 2.66. The number of carbonyl (C=O) groups is 1. The monoisotopic (exact) mass is 344 g/mol. The fourth-order valence-electron chi connectivity index (χ4n) is 3.82. The zero-order valence-corrected chi connectivity index (χ0v) is 15.3. The van der Waals surface area contributed by atoms with Crippen molar-refractivity contribution in [3.63, 3.8) is 0 Å². The molecule has 0 atom stereocenters. The quantitative estimate of drug-likeness (QED) is 0.836. The summed E-state index contributed by atoms with van der Waals surface area (Å²) in [4.78, 5) is 28.4. The van der Waals surface area contributed by atoms with Crippen LogP contribution >= 0.6 is 11.3 Å². The van der Waals surface area contributed by atoms with Crippen LogP contribution < -0.4 is 4.90 Å². The molecule has 1 amide bonds. The Morgan fingerprint density at radius 1 is 0.958 bits per heavy atom. The molecular weight excluding hydrogens is 320 g/mol. The third-order valence-corrected chi connectivity index (χ3v) is 6.30. The van der Waals surface area contributed by atoms with Crippen molar-refractivity contribution >= 4 is 33.3 Å². The molecule has 2 aliphatic heterocycles. The zero-order valence-electron chi connectivity index (χ0n) is 14.5. The smallest absolute Gasteiger partial charge is 0.264 e. The topological polar surface area (TPSA) is 49.3 Å². The van der Waals surface area contributed by atoms with Crippen molar-refractivity contribution in [2.45, 2.75) is 46.0 Å². The maximum atomic E-state index is 12.9. The Morgan fingerprint density at radius 3 is 2.33 bits per heavy atom. The van der Waals surface area contributed by atoms with Gasteiger partial charge in [0.1, 0.15) is 16.5 Å². The van der Waals surface area contributed by atoms with Crippen LogP contribution in [0.5, 0.6) is 0 Å². The van der Waals surface area contributed by atoms with E-state index in [1.165, 1.54) is 19.3 Å². The Hall–Kier alpha value is -1.69. The first-order chi connectivity index (χ1) is 11.6. The average molecular weight is 344 g/mol. The molecule has 0 unspecified atom stereocenters. The average Bonchev–Trinajstić information content (AvgIpc) is 3.23. The minimum atomic E-state index is 0.176. The summed E-state index contributed by atoms with van der Waals surface area (Å²) in [5.74, 6) is 2.01. The predicted molar refractivity (Wildman–Crippen MR) is 98.1 cm³/mol. The first kappa shape index (κ1) is 15.8. The van der Waals surface area contributed by atoms with E-state index in [4.69, 9.17) is 4.98 Å². The highest BCUT2D eigenvalue weighted by atomic mass is 32.1. The van der Waals surface area contributed by atoms with Gasteiger partial charge in [0.25, 0.3) is 5.91 Å². The summed E-state index contributed by atoms with van der Waals surface area (Å²) in [6.07, 6.45) is 5.97. The Labute approximate surface area is 146 Å². The highest BCUT2D eigenvalue weighted by Crippen LogP contribution is 2.37. The molecule has 4 rings (SSSR count). The van der Waals surface area contributed by atoms with E-state index >= 15 is 0 Å². The first-order valence-corrected chi connectivity index (χ1v) is 9.79. The standard InChI is InChI=1S/C18H24N4OS/c1-12-14-16(21-8-4-3-5-9-21)19-13(2)20-17(14)24-15(12)18(23)22-10-6-7-11-22/h3-11H2,1-2H3. The van der Waals surface area contributed by atoms with Crippen molar-refractivity contribution in [2.75, 3.05) is 31.1 Å². The second kappa shape index (κ2) is 6.31. The van der Waals surface area contributed by atoms with Crippen LogP contribution in [-0.2, 0) is 0 Å². The number of anilines is 1. The minimum Gasteiger partial charge on any atom is -0.356 e. The van der Waals surface area contributed by atoms with Gasteiger partial charge in [-0.3, -0.25) is 4.79 Å². The fourth-order valence-corrected chi connectivity index (χ4v) is 5.01. The van der Waals surface area contributed by atoms with Crippen molar-refractivity contribution in [2.24, 2.45) is 0 Å². The number of hydrogen-bond donors (Lipinski definition) is 0. The molecule has 2 aliphatic rings. The molecule has 0 aliphatic carbocycles. The zero-order chi connectivity index (χ0) is 16.7. The number of rotatable bonds is 2. The van der Waals surface area contributed by atoms with Crippen LogP contribution in [0.4, 0.5) is 5.82 Å². The van der Waals surface area contributed by atoms with Gasteiger partial charge in [-0.25, -0.2) is 9.97 Å². The van der Waals surface area contributed by atoms with E-state index in [1.807, 2.05) is 11.8 Å². The summed E-state index contributed by atoms with van der Waals surface area (Å²) in [6, 6.07) is 0. The summed E-state index contributed by atoms with van der Waals surface area (Å²) >= 11 is 1.54. The number of likely N-dealkylation sites (tertiary alicyclic amines) is 1. The van der Waals surface area contributed by atoms with Crippen LogP contribution in [0.3, 0.4) is 0 Å². The molecule has 4 heterocycles. The van der Waals surface area contributed by atoms with Crippen molar-refractivity contribution in [3.8, 4) is 0 Å². The molecule has 24 heavy (non-hydrogen) atoms. The van der Waals surface area contributed by atoms with Crippen LogP contribution in [-0.4, -0.2) is 47.0 Å². The number of fused-ring (bicyclic) bond motifs is 1. The number of carbonyl (C=O) groups excluding carboxylic acids is 1. The minimum absolute atomic E-state index is 0.176. The van der Waals surface area contributed by atoms with E-state index in [2.05, 4.69) is 16.8 Å². The van der Waals surface area contributed by atoms with Gasteiger partial charge in [-0.2, -0.15) is 0 Å². The van der Waals surface area contributed by atoms with Gasteiger partial charge in [0.15, 0.2) is 0 Å². The number of piperidine rings is 1. The molecule has 5 nitrogen and oxygen atoms in total.